The largest absolute Gasteiger partial charge is 0.377 e. The van der Waals surface area contributed by atoms with Gasteiger partial charge < -0.3 is 15.4 Å². The summed E-state index contributed by atoms with van der Waals surface area (Å²) in [4.78, 5) is 11.6. The van der Waals surface area contributed by atoms with Gasteiger partial charge in [-0.05, 0) is 43.5 Å². The fourth-order valence-corrected chi connectivity index (χ4v) is 4.48. The van der Waals surface area contributed by atoms with Gasteiger partial charge in [-0.3, -0.25) is 9.89 Å². The average molecular weight is 426 g/mol. The first kappa shape index (κ1) is 21.8. The monoisotopic (exact) mass is 425 g/mol. The number of nitrogens with zero attached hydrogens (tertiary/aromatic N) is 5. The standard InChI is InChI=1S/C23H35N7O/c1-24-23(26-20-10-11-22-27-21(17-31-2)28-30(22)16-20)25-14-18-8-4-5-9-19(18)15-29-12-6-3-7-13-29/h4-5,8-9,20H,3,6-7,10-17H2,1-2H3,(H2,24,25,26). The van der Waals surface area contributed by atoms with Gasteiger partial charge in [0.1, 0.15) is 12.4 Å². The van der Waals surface area contributed by atoms with Gasteiger partial charge in [0.25, 0.3) is 0 Å². The minimum atomic E-state index is 0.277. The van der Waals surface area contributed by atoms with Crippen molar-refractivity contribution in [1.29, 1.82) is 0 Å². The summed E-state index contributed by atoms with van der Waals surface area (Å²) < 4.78 is 7.16. The summed E-state index contributed by atoms with van der Waals surface area (Å²) in [7, 11) is 3.50. The number of piperidine rings is 1. The van der Waals surface area contributed by atoms with Crippen LogP contribution in [0.3, 0.4) is 0 Å². The molecule has 0 bridgehead atoms. The molecule has 0 spiro atoms. The molecule has 31 heavy (non-hydrogen) atoms. The van der Waals surface area contributed by atoms with Crippen LogP contribution in [0.2, 0.25) is 0 Å². The molecule has 0 radical (unpaired) electrons. The normalized spacial score (nSPS) is 19.8. The highest BCUT2D eigenvalue weighted by Crippen LogP contribution is 2.17. The first-order chi connectivity index (χ1) is 15.2. The Labute approximate surface area is 185 Å². The maximum Gasteiger partial charge on any atom is 0.191 e. The van der Waals surface area contributed by atoms with Crippen molar-refractivity contribution >= 4 is 5.96 Å². The van der Waals surface area contributed by atoms with Gasteiger partial charge in [-0.2, -0.15) is 5.10 Å². The number of guanidine groups is 1. The fourth-order valence-electron chi connectivity index (χ4n) is 4.48. The van der Waals surface area contributed by atoms with E-state index in [-0.39, 0.29) is 6.04 Å². The predicted octanol–water partition coefficient (Wildman–Crippen LogP) is 2.09. The third-order valence-electron chi connectivity index (χ3n) is 6.15. The molecule has 1 saturated heterocycles. The van der Waals surface area contributed by atoms with Crippen molar-refractivity contribution in [3.05, 3.63) is 47.0 Å². The molecule has 168 valence electrons. The molecule has 8 heteroatoms. The van der Waals surface area contributed by atoms with E-state index in [2.05, 4.69) is 54.9 Å². The molecule has 0 amide bonds. The lowest BCUT2D eigenvalue weighted by Crippen LogP contribution is -2.46. The number of hydrogen-bond donors (Lipinski definition) is 2. The van der Waals surface area contributed by atoms with Crippen LogP contribution in [0.25, 0.3) is 0 Å². The molecule has 2 N–H and O–H groups in total. The number of benzene rings is 1. The van der Waals surface area contributed by atoms with Crippen LogP contribution in [-0.4, -0.2) is 58.9 Å². The number of aliphatic imine (C=N–C) groups is 1. The van der Waals surface area contributed by atoms with Gasteiger partial charge in [-0.1, -0.05) is 30.7 Å². The lowest BCUT2D eigenvalue weighted by Gasteiger charge is -2.28. The van der Waals surface area contributed by atoms with Gasteiger partial charge in [-0.15, -0.1) is 0 Å². The number of methoxy groups -OCH3 is 1. The molecule has 4 rings (SSSR count). The Kier molecular flexibility index (Phi) is 7.53. The number of nitrogens with one attached hydrogen (secondary N) is 2. The number of rotatable bonds is 7. The molecule has 1 fully saturated rings. The van der Waals surface area contributed by atoms with Gasteiger partial charge in [0.05, 0.1) is 6.54 Å². The first-order valence-corrected chi connectivity index (χ1v) is 11.4. The van der Waals surface area contributed by atoms with Crippen LogP contribution in [0.15, 0.2) is 29.3 Å². The van der Waals surface area contributed by atoms with E-state index in [1.54, 1.807) is 7.11 Å². The second-order valence-electron chi connectivity index (χ2n) is 8.47. The summed E-state index contributed by atoms with van der Waals surface area (Å²) >= 11 is 0. The zero-order valence-electron chi connectivity index (χ0n) is 18.8. The number of ether oxygens (including phenoxy) is 1. The number of hydrogen-bond acceptors (Lipinski definition) is 5. The molecule has 0 saturated carbocycles. The van der Waals surface area contributed by atoms with E-state index in [0.717, 1.165) is 50.1 Å². The van der Waals surface area contributed by atoms with E-state index in [4.69, 9.17) is 4.74 Å². The third kappa shape index (κ3) is 5.83. The fraction of sp³-hybridized carbons (Fsp3) is 0.609. The van der Waals surface area contributed by atoms with E-state index >= 15 is 0 Å². The van der Waals surface area contributed by atoms with Crippen LogP contribution in [-0.2, 0) is 37.4 Å². The van der Waals surface area contributed by atoms with Crippen LogP contribution in [0, 0.1) is 0 Å². The summed E-state index contributed by atoms with van der Waals surface area (Å²) in [5, 5.41) is 11.6. The molecule has 1 unspecified atom stereocenters. The van der Waals surface area contributed by atoms with Crippen LogP contribution in [0.1, 0.15) is 48.5 Å². The Bertz CT molecular complexity index is 873. The molecule has 2 aliphatic rings. The summed E-state index contributed by atoms with van der Waals surface area (Å²) in [5.41, 5.74) is 2.74. The Morgan fingerprint density at radius 2 is 2.00 bits per heavy atom. The topological polar surface area (TPSA) is 79.6 Å². The molecular weight excluding hydrogens is 390 g/mol. The van der Waals surface area contributed by atoms with Crippen molar-refractivity contribution in [3.8, 4) is 0 Å². The number of fused-ring (bicyclic) bond motifs is 1. The van der Waals surface area contributed by atoms with Crippen molar-refractivity contribution < 1.29 is 4.74 Å². The minimum absolute atomic E-state index is 0.277. The molecule has 3 heterocycles. The summed E-state index contributed by atoms with van der Waals surface area (Å²) in [6.45, 7) is 5.47. The highest BCUT2D eigenvalue weighted by atomic mass is 16.5. The van der Waals surface area contributed by atoms with Crippen LogP contribution in [0.5, 0.6) is 0 Å². The smallest absolute Gasteiger partial charge is 0.191 e. The van der Waals surface area contributed by atoms with Crippen LogP contribution < -0.4 is 10.6 Å². The van der Waals surface area contributed by atoms with Crippen molar-refractivity contribution in [1.82, 2.24) is 30.3 Å². The maximum atomic E-state index is 5.16. The minimum Gasteiger partial charge on any atom is -0.377 e. The van der Waals surface area contributed by atoms with Crippen LogP contribution in [0.4, 0.5) is 0 Å². The molecule has 1 aromatic carbocycles. The Morgan fingerprint density at radius 1 is 1.19 bits per heavy atom. The zero-order valence-corrected chi connectivity index (χ0v) is 18.8. The summed E-state index contributed by atoms with van der Waals surface area (Å²) in [6.07, 6.45) is 5.92. The second kappa shape index (κ2) is 10.7. The maximum absolute atomic E-state index is 5.16. The van der Waals surface area contributed by atoms with Crippen molar-refractivity contribution in [2.24, 2.45) is 4.99 Å². The molecule has 2 aromatic rings. The van der Waals surface area contributed by atoms with Crippen molar-refractivity contribution in [3.63, 3.8) is 0 Å². The number of likely N-dealkylation sites (tertiary alicyclic amines) is 1. The quantitative estimate of drug-likeness (QED) is 0.522. The van der Waals surface area contributed by atoms with Crippen molar-refractivity contribution in [2.75, 3.05) is 27.2 Å². The van der Waals surface area contributed by atoms with Crippen molar-refractivity contribution in [2.45, 2.75) is 64.4 Å². The Morgan fingerprint density at radius 3 is 2.77 bits per heavy atom. The number of aromatic nitrogens is 3. The Balaban J connectivity index is 1.32. The van der Waals surface area contributed by atoms with E-state index in [1.807, 2.05) is 11.7 Å². The average Bonchev–Trinajstić information content (AvgIpc) is 3.20. The zero-order chi connectivity index (χ0) is 21.5. The van der Waals surface area contributed by atoms with Gasteiger partial charge in [-0.25, -0.2) is 9.67 Å². The molecule has 8 nitrogen and oxygen atoms in total. The highest BCUT2D eigenvalue weighted by Gasteiger charge is 2.22. The van der Waals surface area contributed by atoms with E-state index in [9.17, 15) is 0 Å². The lowest BCUT2D eigenvalue weighted by molar-refractivity contribution is 0.177. The van der Waals surface area contributed by atoms with Gasteiger partial charge in [0, 0.05) is 39.7 Å². The summed E-state index contributed by atoms with van der Waals surface area (Å²) in [6, 6.07) is 9.02. The van der Waals surface area contributed by atoms with Gasteiger partial charge in [0.15, 0.2) is 11.8 Å². The van der Waals surface area contributed by atoms with E-state index in [0.29, 0.717) is 6.61 Å². The highest BCUT2D eigenvalue weighted by molar-refractivity contribution is 5.80. The van der Waals surface area contributed by atoms with E-state index in [1.165, 1.54) is 43.5 Å². The third-order valence-corrected chi connectivity index (χ3v) is 6.15. The molecule has 0 aliphatic carbocycles. The molecular formula is C23H35N7O. The van der Waals surface area contributed by atoms with Gasteiger partial charge >= 0.3 is 0 Å². The molecule has 1 aromatic heterocycles. The van der Waals surface area contributed by atoms with E-state index < -0.39 is 0 Å². The second-order valence-corrected chi connectivity index (χ2v) is 8.47. The SMILES string of the molecule is CN=C(NCc1ccccc1CN1CCCCC1)NC1CCc2nc(COC)nn2C1. The summed E-state index contributed by atoms with van der Waals surface area (Å²) in [5.74, 6) is 2.63. The first-order valence-electron chi connectivity index (χ1n) is 11.4. The molecule has 1 atom stereocenters. The lowest BCUT2D eigenvalue weighted by atomic mass is 10.0. The predicted molar refractivity (Wildman–Crippen MR) is 122 cm³/mol. The molecule has 2 aliphatic heterocycles. The Hall–Kier alpha value is -2.45. The van der Waals surface area contributed by atoms with Crippen LogP contribution >= 0.6 is 0 Å². The van der Waals surface area contributed by atoms with Gasteiger partial charge in [0.2, 0.25) is 0 Å². The number of aryl methyl sites for hydroxylation is 1.